The summed E-state index contributed by atoms with van der Waals surface area (Å²) in [5, 5.41) is 4.48. The van der Waals surface area contributed by atoms with Crippen molar-refractivity contribution in [3.63, 3.8) is 0 Å². The van der Waals surface area contributed by atoms with Crippen LogP contribution >= 0.6 is 11.6 Å². The predicted octanol–water partition coefficient (Wildman–Crippen LogP) is 0.187. The molecular formula is C9H18ClN5O. The Morgan fingerprint density at radius 3 is 2.94 bits per heavy atom. The lowest BCUT2D eigenvalue weighted by Gasteiger charge is -2.27. The topological polar surface area (TPSA) is 84.0 Å². The van der Waals surface area contributed by atoms with Crippen LogP contribution in [0.25, 0.3) is 0 Å². The molecule has 2 unspecified atom stereocenters. The smallest absolute Gasteiger partial charge is 0.266 e. The highest BCUT2D eigenvalue weighted by molar-refractivity contribution is 6.25. The molecule has 0 fully saturated rings. The molecule has 0 aromatic rings. The number of nitrogens with zero attached hydrogens (tertiary/aromatic N) is 2. The SMILES string of the molecule is CCNC1=NC(N)(Cl)NC(CC(C)OC)=N1. The quantitative estimate of drug-likeness (QED) is 0.489. The fourth-order valence-electron chi connectivity index (χ4n) is 1.25. The number of amidine groups is 1. The highest BCUT2D eigenvalue weighted by atomic mass is 35.5. The Hall–Kier alpha value is -0.850. The second kappa shape index (κ2) is 5.47. The summed E-state index contributed by atoms with van der Waals surface area (Å²) >= 11 is 5.94. The molecule has 2 atom stereocenters. The van der Waals surface area contributed by atoms with Crippen LogP contribution in [0.3, 0.4) is 0 Å². The van der Waals surface area contributed by atoms with E-state index in [1.807, 2.05) is 13.8 Å². The van der Waals surface area contributed by atoms with Gasteiger partial charge in [0.2, 0.25) is 5.96 Å². The summed E-state index contributed by atoms with van der Waals surface area (Å²) in [5.74, 6) is 1.11. The minimum Gasteiger partial charge on any atom is -0.381 e. The summed E-state index contributed by atoms with van der Waals surface area (Å²) in [7, 11) is 1.64. The molecule has 0 saturated carbocycles. The van der Waals surface area contributed by atoms with Crippen molar-refractivity contribution in [1.82, 2.24) is 10.6 Å². The number of nitrogens with two attached hydrogens (primary N) is 1. The number of halogens is 1. The molecule has 4 N–H and O–H groups in total. The Balaban J connectivity index is 2.74. The van der Waals surface area contributed by atoms with Gasteiger partial charge >= 0.3 is 0 Å². The largest absolute Gasteiger partial charge is 0.381 e. The third kappa shape index (κ3) is 3.96. The van der Waals surface area contributed by atoms with Gasteiger partial charge in [-0.25, -0.2) is 4.99 Å². The Kier molecular flexibility index (Phi) is 4.52. The van der Waals surface area contributed by atoms with E-state index in [2.05, 4.69) is 20.6 Å². The first kappa shape index (κ1) is 13.2. The zero-order valence-corrected chi connectivity index (χ0v) is 10.5. The van der Waals surface area contributed by atoms with Gasteiger partial charge in [0.05, 0.1) is 6.10 Å². The van der Waals surface area contributed by atoms with Crippen molar-refractivity contribution in [3.8, 4) is 0 Å². The summed E-state index contributed by atoms with van der Waals surface area (Å²) in [6.45, 7) is 4.60. The van der Waals surface area contributed by atoms with Gasteiger partial charge in [-0.15, -0.1) is 0 Å². The molecule has 6 nitrogen and oxygen atoms in total. The second-order valence-electron chi connectivity index (χ2n) is 3.57. The summed E-state index contributed by atoms with van der Waals surface area (Å²) in [5.41, 5.74) is 5.71. The molecule has 7 heteroatoms. The minimum atomic E-state index is -1.33. The lowest BCUT2D eigenvalue weighted by atomic mass is 10.2. The van der Waals surface area contributed by atoms with Crippen LogP contribution in [0.1, 0.15) is 20.3 Å². The number of aliphatic imine (C=N–C) groups is 2. The number of alkyl halides is 1. The number of rotatable bonds is 4. The van der Waals surface area contributed by atoms with Gasteiger partial charge in [0.1, 0.15) is 5.84 Å². The fraction of sp³-hybridized carbons (Fsp3) is 0.778. The molecule has 0 amide bonds. The van der Waals surface area contributed by atoms with Gasteiger partial charge in [-0.1, -0.05) is 11.6 Å². The van der Waals surface area contributed by atoms with Crippen LogP contribution in [-0.4, -0.2) is 36.8 Å². The van der Waals surface area contributed by atoms with Crippen LogP contribution in [-0.2, 0) is 4.74 Å². The van der Waals surface area contributed by atoms with Crippen LogP contribution in [0.15, 0.2) is 9.98 Å². The molecule has 92 valence electrons. The van der Waals surface area contributed by atoms with E-state index in [0.29, 0.717) is 24.8 Å². The van der Waals surface area contributed by atoms with E-state index in [0.717, 1.165) is 0 Å². The second-order valence-corrected chi connectivity index (χ2v) is 4.15. The molecule has 0 aromatic heterocycles. The van der Waals surface area contributed by atoms with Crippen molar-refractivity contribution in [2.45, 2.75) is 31.6 Å². The zero-order valence-electron chi connectivity index (χ0n) is 9.75. The molecular weight excluding hydrogens is 230 g/mol. The first-order valence-corrected chi connectivity index (χ1v) is 5.54. The molecule has 0 spiro atoms. The average molecular weight is 248 g/mol. The summed E-state index contributed by atoms with van der Waals surface area (Å²) in [4.78, 5) is 8.25. The van der Waals surface area contributed by atoms with E-state index in [9.17, 15) is 0 Å². The Labute approximate surface area is 100 Å². The number of nitrogens with one attached hydrogen (secondary N) is 2. The molecule has 1 heterocycles. The Bertz CT molecular complexity index is 302. The van der Waals surface area contributed by atoms with E-state index < -0.39 is 5.25 Å². The summed E-state index contributed by atoms with van der Waals surface area (Å²) < 4.78 is 5.15. The summed E-state index contributed by atoms with van der Waals surface area (Å²) in [6.07, 6.45) is 0.645. The number of hydrogen-bond donors (Lipinski definition) is 3. The van der Waals surface area contributed by atoms with Crippen molar-refractivity contribution in [1.29, 1.82) is 0 Å². The molecule has 0 saturated heterocycles. The van der Waals surface area contributed by atoms with Crippen molar-refractivity contribution in [2.24, 2.45) is 15.7 Å². The fourth-order valence-corrected chi connectivity index (χ4v) is 1.44. The predicted molar refractivity (Wildman–Crippen MR) is 65.5 cm³/mol. The standard InChI is InChI=1S/C9H18ClN5O/c1-4-12-8-13-7(5-6(2)16-3)14-9(10,11)15-8/h6H,4-5,11H2,1-3H3,(H2,12,13,14,15). The van der Waals surface area contributed by atoms with Crippen molar-refractivity contribution in [3.05, 3.63) is 0 Å². The zero-order chi connectivity index (χ0) is 12.2. The third-order valence-corrected chi connectivity index (χ3v) is 2.23. The molecule has 0 bridgehead atoms. The first-order valence-electron chi connectivity index (χ1n) is 5.17. The van der Waals surface area contributed by atoms with Crippen LogP contribution in [0, 0.1) is 0 Å². The Morgan fingerprint density at radius 2 is 2.38 bits per heavy atom. The van der Waals surface area contributed by atoms with Crippen LogP contribution < -0.4 is 16.4 Å². The minimum absolute atomic E-state index is 0.0414. The van der Waals surface area contributed by atoms with Gasteiger partial charge in [-0.05, 0) is 13.8 Å². The van der Waals surface area contributed by atoms with Crippen molar-refractivity contribution in [2.75, 3.05) is 13.7 Å². The lowest BCUT2D eigenvalue weighted by molar-refractivity contribution is 0.123. The van der Waals surface area contributed by atoms with E-state index in [1.54, 1.807) is 7.11 Å². The molecule has 0 aliphatic carbocycles. The van der Waals surface area contributed by atoms with E-state index in [-0.39, 0.29) is 6.10 Å². The van der Waals surface area contributed by atoms with Gasteiger partial charge in [0.25, 0.3) is 5.25 Å². The maximum absolute atomic E-state index is 5.94. The highest BCUT2D eigenvalue weighted by Crippen LogP contribution is 2.11. The Morgan fingerprint density at radius 1 is 1.69 bits per heavy atom. The van der Waals surface area contributed by atoms with Gasteiger partial charge < -0.3 is 15.4 Å². The average Bonchev–Trinajstić information content (AvgIpc) is 2.15. The first-order chi connectivity index (χ1) is 7.46. The molecule has 0 aromatic carbocycles. The van der Waals surface area contributed by atoms with Gasteiger partial charge in [0, 0.05) is 20.1 Å². The molecule has 1 rings (SSSR count). The molecule has 16 heavy (non-hydrogen) atoms. The lowest BCUT2D eigenvalue weighted by Crippen LogP contribution is -2.54. The number of hydrogen-bond acceptors (Lipinski definition) is 6. The highest BCUT2D eigenvalue weighted by Gasteiger charge is 2.27. The van der Waals surface area contributed by atoms with Gasteiger partial charge in [-0.3, -0.25) is 5.73 Å². The molecule has 1 aliphatic rings. The van der Waals surface area contributed by atoms with Crippen LogP contribution in [0.5, 0.6) is 0 Å². The third-order valence-electron chi connectivity index (χ3n) is 2.05. The van der Waals surface area contributed by atoms with Gasteiger partial charge in [-0.2, -0.15) is 4.99 Å². The number of methoxy groups -OCH3 is 1. The number of ether oxygens (including phenoxy) is 1. The van der Waals surface area contributed by atoms with Crippen molar-refractivity contribution >= 4 is 23.4 Å². The molecule has 0 radical (unpaired) electrons. The van der Waals surface area contributed by atoms with Crippen LogP contribution in [0.2, 0.25) is 0 Å². The van der Waals surface area contributed by atoms with Crippen molar-refractivity contribution < 1.29 is 4.74 Å². The monoisotopic (exact) mass is 247 g/mol. The maximum Gasteiger partial charge on any atom is 0.266 e. The van der Waals surface area contributed by atoms with Crippen LogP contribution in [0.4, 0.5) is 0 Å². The van der Waals surface area contributed by atoms with E-state index >= 15 is 0 Å². The maximum atomic E-state index is 5.94. The van der Waals surface area contributed by atoms with Gasteiger partial charge in [0.15, 0.2) is 0 Å². The van der Waals surface area contributed by atoms with E-state index in [1.165, 1.54) is 0 Å². The number of guanidine groups is 1. The van der Waals surface area contributed by atoms with E-state index in [4.69, 9.17) is 22.1 Å². The normalized spacial score (nSPS) is 26.6. The summed E-state index contributed by atoms with van der Waals surface area (Å²) in [6, 6.07) is 0. The molecule has 1 aliphatic heterocycles.